The van der Waals surface area contributed by atoms with Gasteiger partial charge >= 0.3 is 17.1 Å². The van der Waals surface area contributed by atoms with Crippen LogP contribution in [0.15, 0.2) is 28.2 Å². The summed E-state index contributed by atoms with van der Waals surface area (Å²) < 4.78 is 0. The summed E-state index contributed by atoms with van der Waals surface area (Å²) in [7, 11) is 0. The minimum Gasteiger partial charge on any atom is -1.00 e. The summed E-state index contributed by atoms with van der Waals surface area (Å²) in [6.45, 7) is 9.31. The summed E-state index contributed by atoms with van der Waals surface area (Å²) in [5.41, 5.74) is 3.83. The third kappa shape index (κ3) is 19.0. The van der Waals surface area contributed by atoms with E-state index >= 15 is 0 Å². The Kier molecular flexibility index (Phi) is 52.0. The van der Waals surface area contributed by atoms with Gasteiger partial charge in [-0.3, -0.25) is 9.98 Å². The Bertz CT molecular complexity index is 488. The molecule has 1 aliphatic rings. The first kappa shape index (κ1) is 51.2. The number of nitrogens with zero attached hydrogens (tertiary/aromatic N) is 3. The first-order valence-electron chi connectivity index (χ1n) is 7.19. The summed E-state index contributed by atoms with van der Waals surface area (Å²) in [4.78, 5) is 13.8. The average molecular weight is 510 g/mol. The molecule has 0 unspecified atom stereocenters. The maximum atomic E-state index is 4.64. The fraction of sp³-hybridized carbons (Fsp3) is 0.533. The standard InChI is InChI=1S/C15H23N5.2ClH.Fe.6H2O/c1-12-14-4-3-5-15(20-14)13(2)19-11-9-17-7-6-16-8-10-18-12;;;;;;;;;/h3-5,16-17H,6-11H2,1-2H3;2*1H;;6*1H2/q;;;+4;;;;;;. The fourth-order valence-electron chi connectivity index (χ4n) is 2.03. The van der Waals surface area contributed by atoms with Crippen molar-refractivity contribution in [3.63, 3.8) is 0 Å². The molecule has 2 heterocycles. The van der Waals surface area contributed by atoms with E-state index in [1.165, 1.54) is 0 Å². The number of nitrogens with one attached hydrogen (secondary N) is 2. The van der Waals surface area contributed by atoms with E-state index in [0.717, 1.165) is 62.1 Å². The summed E-state index contributed by atoms with van der Waals surface area (Å²) in [5, 5.41) is 6.73. The maximum absolute atomic E-state index is 4.64. The molecule has 2 rings (SSSR count). The Morgan fingerprint density at radius 3 is 1.38 bits per heavy atom. The molecule has 16 N–H and O–H groups in total. The number of aromatic nitrogens is 1. The van der Waals surface area contributed by atoms with Crippen molar-refractivity contribution in [2.45, 2.75) is 13.8 Å². The molecule has 1 aromatic rings. The second-order valence-electron chi connectivity index (χ2n) is 4.84. The quantitative estimate of drug-likeness (QED) is 0.255. The van der Waals surface area contributed by atoms with Crippen molar-refractivity contribution in [2.75, 3.05) is 39.3 Å². The Morgan fingerprint density at radius 1 is 0.690 bits per heavy atom. The molecule has 14 heteroatoms. The number of hydrogen-bond donors (Lipinski definition) is 2. The van der Waals surface area contributed by atoms with Gasteiger partial charge in [-0.15, -0.1) is 0 Å². The van der Waals surface area contributed by atoms with Crippen LogP contribution in [0.4, 0.5) is 0 Å². The second kappa shape index (κ2) is 29.5. The first-order chi connectivity index (χ1) is 9.77. The summed E-state index contributed by atoms with van der Waals surface area (Å²) in [6, 6.07) is 6.02. The van der Waals surface area contributed by atoms with E-state index in [1.807, 2.05) is 32.0 Å². The predicted octanol–water partition coefficient (Wildman–Crippen LogP) is -10.2. The van der Waals surface area contributed by atoms with Crippen LogP contribution in [0.3, 0.4) is 0 Å². The zero-order chi connectivity index (χ0) is 14.2. The van der Waals surface area contributed by atoms with E-state index in [0.29, 0.717) is 0 Å². The Hall–Kier alpha value is -0.731. The monoisotopic (exact) mass is 509 g/mol. The SMILES string of the molecule is CC1=NCCNCCNCCN=C(C)c2cccc1n2.O.O.O.O.[Cl-].[Cl-].[Fe+4].[OH3+].[OH3+]. The van der Waals surface area contributed by atoms with E-state index in [-0.39, 0.29) is 74.7 Å². The largest absolute Gasteiger partial charge is 4.00 e. The number of pyridine rings is 1. The second-order valence-corrected chi connectivity index (χ2v) is 4.84. The molecule has 0 fully saturated rings. The summed E-state index contributed by atoms with van der Waals surface area (Å²) >= 11 is 0. The Morgan fingerprint density at radius 2 is 1.03 bits per heavy atom. The van der Waals surface area contributed by atoms with Crippen molar-refractivity contribution in [1.82, 2.24) is 15.6 Å². The maximum Gasteiger partial charge on any atom is 4.00 e. The normalized spacial score (nSPS) is 12.8. The van der Waals surface area contributed by atoms with Crippen LogP contribution in [0, 0.1) is 0 Å². The number of fused-ring (bicyclic) bond motifs is 2. The Balaban J connectivity index is -0.0000000817. The van der Waals surface area contributed by atoms with E-state index in [9.17, 15) is 0 Å². The minimum atomic E-state index is 0. The molecule has 0 saturated carbocycles. The molecular formula is C15H37Cl2FeN5O6+4. The molecule has 0 saturated heterocycles. The molecule has 0 atom stereocenters. The number of hydrogen-bond acceptors (Lipinski definition) is 5. The number of rotatable bonds is 0. The molecule has 0 aliphatic carbocycles. The molecule has 11 nitrogen and oxygen atoms in total. The van der Waals surface area contributed by atoms with Gasteiger partial charge in [-0.25, -0.2) is 4.98 Å². The third-order valence-electron chi connectivity index (χ3n) is 3.24. The van der Waals surface area contributed by atoms with Crippen LogP contribution in [0.5, 0.6) is 0 Å². The molecule has 0 spiro atoms. The molecule has 0 radical (unpaired) electrons. The van der Waals surface area contributed by atoms with Crippen LogP contribution in [-0.4, -0.2) is 77.6 Å². The van der Waals surface area contributed by atoms with Crippen molar-refractivity contribution >= 4 is 11.4 Å². The van der Waals surface area contributed by atoms with Gasteiger partial charge in [0.05, 0.1) is 35.9 Å². The van der Waals surface area contributed by atoms with E-state index in [1.54, 1.807) is 0 Å². The molecular weight excluding hydrogens is 473 g/mol. The van der Waals surface area contributed by atoms with E-state index in [2.05, 4.69) is 25.6 Å². The van der Waals surface area contributed by atoms with Gasteiger partial charge in [0.15, 0.2) is 0 Å². The third-order valence-corrected chi connectivity index (χ3v) is 3.24. The zero-order valence-corrected chi connectivity index (χ0v) is 19.2. The predicted molar refractivity (Wildman–Crippen MR) is 108 cm³/mol. The van der Waals surface area contributed by atoms with Crippen molar-refractivity contribution in [3.05, 3.63) is 29.6 Å². The minimum absolute atomic E-state index is 0. The van der Waals surface area contributed by atoms with Crippen LogP contribution < -0.4 is 35.4 Å². The van der Waals surface area contributed by atoms with Gasteiger partial charge in [-0.05, 0) is 26.0 Å². The van der Waals surface area contributed by atoms with Crippen molar-refractivity contribution < 1.29 is 74.7 Å². The average Bonchev–Trinajstić information content (AvgIpc) is 2.48. The molecule has 1 aliphatic heterocycles. The topological polar surface area (TPSA) is 254 Å². The summed E-state index contributed by atoms with van der Waals surface area (Å²) in [6.07, 6.45) is 0. The summed E-state index contributed by atoms with van der Waals surface area (Å²) in [5.74, 6) is 0. The van der Waals surface area contributed by atoms with Gasteiger partial charge in [0.2, 0.25) is 0 Å². The van der Waals surface area contributed by atoms with Gasteiger partial charge in [0.1, 0.15) is 0 Å². The van der Waals surface area contributed by atoms with Crippen molar-refractivity contribution in [2.24, 2.45) is 9.98 Å². The van der Waals surface area contributed by atoms with E-state index in [4.69, 9.17) is 0 Å². The van der Waals surface area contributed by atoms with Crippen LogP contribution >= 0.6 is 0 Å². The van der Waals surface area contributed by atoms with Crippen LogP contribution in [-0.2, 0) is 28.0 Å². The number of aliphatic imine (C=N–C) groups is 2. The molecule has 29 heavy (non-hydrogen) atoms. The van der Waals surface area contributed by atoms with Crippen LogP contribution in [0.2, 0.25) is 0 Å². The van der Waals surface area contributed by atoms with Gasteiger partial charge in [0.25, 0.3) is 0 Å². The van der Waals surface area contributed by atoms with Crippen molar-refractivity contribution in [3.8, 4) is 0 Å². The van der Waals surface area contributed by atoms with Crippen LogP contribution in [0.25, 0.3) is 0 Å². The molecule has 2 bridgehead atoms. The first-order valence-corrected chi connectivity index (χ1v) is 7.19. The van der Waals surface area contributed by atoms with Gasteiger partial charge in [-0.2, -0.15) is 0 Å². The Labute approximate surface area is 194 Å². The number of halogens is 2. The van der Waals surface area contributed by atoms with Gasteiger partial charge in [0, 0.05) is 26.2 Å². The molecule has 0 aromatic carbocycles. The van der Waals surface area contributed by atoms with Gasteiger partial charge < -0.3 is 68.3 Å². The van der Waals surface area contributed by atoms with Gasteiger partial charge in [-0.1, -0.05) is 6.07 Å². The fourth-order valence-corrected chi connectivity index (χ4v) is 2.03. The molecule has 176 valence electrons. The van der Waals surface area contributed by atoms with Crippen LogP contribution in [0.1, 0.15) is 25.2 Å². The van der Waals surface area contributed by atoms with Crippen molar-refractivity contribution in [1.29, 1.82) is 0 Å². The van der Waals surface area contributed by atoms with E-state index < -0.39 is 0 Å². The molecule has 0 amide bonds. The molecule has 1 aromatic heterocycles. The smallest absolute Gasteiger partial charge is 1.00 e. The zero-order valence-electron chi connectivity index (χ0n) is 16.6.